The van der Waals surface area contributed by atoms with Crippen LogP contribution < -0.4 is 5.32 Å². The molecular weight excluding hydrogens is 124 g/mol. The van der Waals surface area contributed by atoms with Crippen LogP contribution in [-0.4, -0.2) is 19.0 Å². The van der Waals surface area contributed by atoms with E-state index in [0.717, 1.165) is 6.54 Å². The summed E-state index contributed by atoms with van der Waals surface area (Å²) >= 11 is 0. The zero-order valence-corrected chi connectivity index (χ0v) is 5.08. The summed E-state index contributed by atoms with van der Waals surface area (Å²) in [4.78, 5) is 0. The number of hydrogen-bond acceptors (Lipinski definition) is 1. The van der Waals surface area contributed by atoms with Crippen molar-refractivity contribution in [2.75, 3.05) is 13.1 Å². The van der Waals surface area contributed by atoms with Crippen LogP contribution in [0.2, 0.25) is 0 Å². The molecule has 0 radical (unpaired) electrons. The van der Waals surface area contributed by atoms with Crippen molar-refractivity contribution in [3.63, 3.8) is 0 Å². The van der Waals surface area contributed by atoms with Gasteiger partial charge in [0.05, 0.1) is 5.41 Å². The van der Waals surface area contributed by atoms with Crippen LogP contribution in [0.5, 0.6) is 0 Å². The van der Waals surface area contributed by atoms with Crippen LogP contribution >= 0.6 is 0 Å². The first-order valence-electron chi connectivity index (χ1n) is 3.25. The maximum absolute atomic E-state index is 12.5. The van der Waals surface area contributed by atoms with Crippen LogP contribution in [0.3, 0.4) is 0 Å². The molecular formula is C6H9F2N. The van der Waals surface area contributed by atoms with Crippen LogP contribution in [0, 0.1) is 5.41 Å². The Labute approximate surface area is 52.4 Å². The van der Waals surface area contributed by atoms with Gasteiger partial charge in [-0.3, -0.25) is 0 Å². The van der Waals surface area contributed by atoms with Crippen molar-refractivity contribution >= 4 is 0 Å². The molecule has 1 saturated carbocycles. The molecule has 0 unspecified atom stereocenters. The van der Waals surface area contributed by atoms with E-state index in [9.17, 15) is 8.78 Å². The Hall–Kier alpha value is -0.180. The highest BCUT2D eigenvalue weighted by Gasteiger charge is 2.71. The zero-order chi connectivity index (χ0) is 6.54. The standard InChI is InChI=1S/C6H9F2N/c7-6(8)3-5(6)1-2-9-4-5/h9H,1-4H2/t5-/m0/s1. The van der Waals surface area contributed by atoms with Gasteiger partial charge in [0, 0.05) is 13.0 Å². The molecule has 2 rings (SSSR count). The summed E-state index contributed by atoms with van der Waals surface area (Å²) in [5.74, 6) is -2.34. The fourth-order valence-electron chi connectivity index (χ4n) is 1.59. The van der Waals surface area contributed by atoms with Crippen LogP contribution in [0.1, 0.15) is 12.8 Å². The summed E-state index contributed by atoms with van der Waals surface area (Å²) in [5, 5.41) is 2.95. The quantitative estimate of drug-likeness (QED) is 0.520. The lowest BCUT2D eigenvalue weighted by atomic mass is 10.1. The normalized spacial score (nSPS) is 46.0. The van der Waals surface area contributed by atoms with E-state index in [4.69, 9.17) is 0 Å². The average molecular weight is 133 g/mol. The van der Waals surface area contributed by atoms with Gasteiger partial charge in [0.25, 0.3) is 5.92 Å². The van der Waals surface area contributed by atoms with Crippen molar-refractivity contribution in [1.29, 1.82) is 0 Å². The molecule has 0 amide bonds. The highest BCUT2D eigenvalue weighted by molar-refractivity contribution is 5.13. The summed E-state index contributed by atoms with van der Waals surface area (Å²) in [6.45, 7) is 1.30. The van der Waals surface area contributed by atoms with E-state index < -0.39 is 11.3 Å². The lowest BCUT2D eigenvalue weighted by Gasteiger charge is -2.02. The minimum atomic E-state index is -2.34. The first kappa shape index (κ1) is 5.59. The smallest absolute Gasteiger partial charge is 0.255 e. The van der Waals surface area contributed by atoms with Crippen LogP contribution in [-0.2, 0) is 0 Å². The molecule has 0 bridgehead atoms. The zero-order valence-electron chi connectivity index (χ0n) is 5.08. The van der Waals surface area contributed by atoms with E-state index in [-0.39, 0.29) is 6.42 Å². The molecule has 0 aromatic rings. The van der Waals surface area contributed by atoms with Gasteiger partial charge in [-0.05, 0) is 13.0 Å². The van der Waals surface area contributed by atoms with Crippen LogP contribution in [0.15, 0.2) is 0 Å². The van der Waals surface area contributed by atoms with Gasteiger partial charge in [0.2, 0.25) is 0 Å². The van der Waals surface area contributed by atoms with E-state index in [0.29, 0.717) is 13.0 Å². The molecule has 0 aromatic carbocycles. The Morgan fingerprint density at radius 2 is 2.00 bits per heavy atom. The molecule has 1 heterocycles. The second kappa shape index (κ2) is 1.29. The number of rotatable bonds is 0. The van der Waals surface area contributed by atoms with Gasteiger partial charge in [0.1, 0.15) is 0 Å². The molecule has 1 aliphatic heterocycles. The molecule has 1 aliphatic carbocycles. The molecule has 1 N–H and O–H groups in total. The lowest BCUT2D eigenvalue weighted by Crippen LogP contribution is -2.15. The lowest BCUT2D eigenvalue weighted by molar-refractivity contribution is 0.0705. The molecule has 1 saturated heterocycles. The van der Waals surface area contributed by atoms with Gasteiger partial charge in [-0.1, -0.05) is 0 Å². The van der Waals surface area contributed by atoms with Crippen molar-refractivity contribution in [2.24, 2.45) is 5.41 Å². The molecule has 1 atom stereocenters. The van der Waals surface area contributed by atoms with Crippen molar-refractivity contribution in [1.82, 2.24) is 5.32 Å². The van der Waals surface area contributed by atoms with Crippen LogP contribution in [0.4, 0.5) is 8.78 Å². The van der Waals surface area contributed by atoms with Gasteiger partial charge in [0.15, 0.2) is 0 Å². The third-order valence-corrected chi connectivity index (χ3v) is 2.46. The van der Waals surface area contributed by atoms with Gasteiger partial charge in [-0.25, -0.2) is 8.78 Å². The summed E-state index contributed by atoms with van der Waals surface area (Å²) in [5.41, 5.74) is -0.604. The Bertz CT molecular complexity index is 132. The van der Waals surface area contributed by atoms with Gasteiger partial charge in [-0.15, -0.1) is 0 Å². The van der Waals surface area contributed by atoms with Gasteiger partial charge in [-0.2, -0.15) is 0 Å². The third kappa shape index (κ3) is 0.556. The molecule has 0 aromatic heterocycles. The number of hydrogen-bond donors (Lipinski definition) is 1. The van der Waals surface area contributed by atoms with Crippen LogP contribution in [0.25, 0.3) is 0 Å². The number of alkyl halides is 2. The highest BCUT2D eigenvalue weighted by Crippen LogP contribution is 2.63. The topological polar surface area (TPSA) is 12.0 Å². The SMILES string of the molecule is FC1(F)C[C@]12CCNC2. The summed E-state index contributed by atoms with van der Waals surface area (Å²) in [6.07, 6.45) is 0.785. The van der Waals surface area contributed by atoms with Gasteiger partial charge < -0.3 is 5.32 Å². The third-order valence-electron chi connectivity index (χ3n) is 2.46. The maximum Gasteiger partial charge on any atom is 0.255 e. The Balaban J connectivity index is 2.13. The van der Waals surface area contributed by atoms with Crippen molar-refractivity contribution < 1.29 is 8.78 Å². The van der Waals surface area contributed by atoms with E-state index in [1.54, 1.807) is 0 Å². The van der Waals surface area contributed by atoms with Crippen molar-refractivity contribution in [2.45, 2.75) is 18.8 Å². The number of halogens is 2. The Morgan fingerprint density at radius 1 is 1.33 bits per heavy atom. The molecule has 1 nitrogen and oxygen atoms in total. The molecule has 52 valence electrons. The second-order valence-corrected chi connectivity index (χ2v) is 3.09. The van der Waals surface area contributed by atoms with Crippen molar-refractivity contribution in [3.05, 3.63) is 0 Å². The monoisotopic (exact) mass is 133 g/mol. The predicted octanol–water partition coefficient (Wildman–Crippen LogP) is 1.01. The Kier molecular flexibility index (Phi) is 0.799. The molecule has 3 heteroatoms. The van der Waals surface area contributed by atoms with E-state index in [1.165, 1.54) is 0 Å². The fourth-order valence-corrected chi connectivity index (χ4v) is 1.59. The molecule has 9 heavy (non-hydrogen) atoms. The molecule has 1 spiro atoms. The summed E-state index contributed by atoms with van der Waals surface area (Å²) in [6, 6.07) is 0. The first-order valence-corrected chi connectivity index (χ1v) is 3.25. The van der Waals surface area contributed by atoms with Crippen molar-refractivity contribution in [3.8, 4) is 0 Å². The predicted molar refractivity (Wildman–Crippen MR) is 29.5 cm³/mol. The molecule has 2 aliphatic rings. The van der Waals surface area contributed by atoms with E-state index >= 15 is 0 Å². The summed E-state index contributed by atoms with van der Waals surface area (Å²) < 4.78 is 24.9. The first-order chi connectivity index (χ1) is 4.16. The fraction of sp³-hybridized carbons (Fsp3) is 1.00. The van der Waals surface area contributed by atoms with E-state index in [2.05, 4.69) is 5.32 Å². The van der Waals surface area contributed by atoms with E-state index in [1.807, 2.05) is 0 Å². The minimum absolute atomic E-state index is 0.118. The minimum Gasteiger partial charge on any atom is -0.316 e. The second-order valence-electron chi connectivity index (χ2n) is 3.09. The van der Waals surface area contributed by atoms with Gasteiger partial charge >= 0.3 is 0 Å². The summed E-state index contributed by atoms with van der Waals surface area (Å²) in [7, 11) is 0. The number of nitrogens with one attached hydrogen (secondary N) is 1. The highest BCUT2D eigenvalue weighted by atomic mass is 19.3. The molecule has 2 fully saturated rings. The average Bonchev–Trinajstić information content (AvgIpc) is 2.27. The Morgan fingerprint density at radius 3 is 2.22 bits per heavy atom. The largest absolute Gasteiger partial charge is 0.316 e. The maximum atomic E-state index is 12.5.